The van der Waals surface area contributed by atoms with Gasteiger partial charge in [-0.2, -0.15) is 8.75 Å². The molecule has 0 saturated carbocycles. The van der Waals surface area contributed by atoms with Crippen LogP contribution in [-0.4, -0.2) is 45.9 Å². The minimum absolute atomic E-state index is 0.115. The first kappa shape index (κ1) is 27.9. The van der Waals surface area contributed by atoms with Crippen LogP contribution >= 0.6 is 11.7 Å². The van der Waals surface area contributed by atoms with Crippen LogP contribution in [0.1, 0.15) is 11.1 Å². The number of methoxy groups -OCH3 is 3. The van der Waals surface area contributed by atoms with Crippen molar-refractivity contribution < 1.29 is 33.6 Å². The topological polar surface area (TPSA) is 114 Å². The van der Waals surface area contributed by atoms with Gasteiger partial charge in [-0.15, -0.1) is 0 Å². The number of ether oxygens (including phenoxy) is 5. The highest BCUT2D eigenvalue weighted by atomic mass is 32.1. The highest BCUT2D eigenvalue weighted by molar-refractivity contribution is 7.00. The molecule has 0 radical (unpaired) electrons. The average molecular weight is 598 g/mol. The number of carbonyl (C=O) groups is 1. The van der Waals surface area contributed by atoms with Gasteiger partial charge in [0.2, 0.25) is 5.88 Å². The molecule has 0 bridgehead atoms. The molecule has 0 aliphatic rings. The summed E-state index contributed by atoms with van der Waals surface area (Å²) < 4.78 is 39.1. The summed E-state index contributed by atoms with van der Waals surface area (Å²) in [4.78, 5) is 12.1. The first-order valence-corrected chi connectivity index (χ1v) is 14.0. The third kappa shape index (κ3) is 5.50. The Balaban J connectivity index is 1.59. The number of rotatable bonds is 10. The first-order chi connectivity index (χ1) is 21.0. The molecule has 0 unspecified atom stereocenters. The maximum absolute atomic E-state index is 12.1. The SMILES string of the molecule is COc1ccc(-c2c(OC(=O)O)n(Cc3ccc4nsnc4c3)c3cc(OCc4ccccc4)c(OC)cc23)c(OC)c1. The maximum atomic E-state index is 12.1. The van der Waals surface area contributed by atoms with Gasteiger partial charge < -0.3 is 33.4 Å². The van der Waals surface area contributed by atoms with Crippen molar-refractivity contribution in [3.8, 4) is 40.0 Å². The van der Waals surface area contributed by atoms with Gasteiger partial charge in [-0.1, -0.05) is 36.4 Å². The summed E-state index contributed by atoms with van der Waals surface area (Å²) in [5.41, 5.74) is 5.21. The van der Waals surface area contributed by atoms with E-state index in [0.717, 1.165) is 33.9 Å². The van der Waals surface area contributed by atoms with Crippen molar-refractivity contribution in [3.05, 3.63) is 90.0 Å². The Morgan fingerprint density at radius 3 is 2.35 bits per heavy atom. The Labute approximate surface area is 250 Å². The number of carboxylic acid groups (broad SMARTS) is 1. The van der Waals surface area contributed by atoms with E-state index in [2.05, 4.69) is 8.75 Å². The van der Waals surface area contributed by atoms with Crippen LogP contribution in [0.5, 0.6) is 28.9 Å². The number of nitrogens with zero attached hydrogens (tertiary/aromatic N) is 3. The summed E-state index contributed by atoms with van der Waals surface area (Å²) in [6, 6.07) is 24.5. The van der Waals surface area contributed by atoms with Crippen LogP contribution in [0.3, 0.4) is 0 Å². The van der Waals surface area contributed by atoms with Gasteiger partial charge in [0.25, 0.3) is 0 Å². The van der Waals surface area contributed by atoms with Gasteiger partial charge in [0.15, 0.2) is 11.5 Å². The molecule has 0 amide bonds. The monoisotopic (exact) mass is 597 g/mol. The van der Waals surface area contributed by atoms with Crippen LogP contribution in [0, 0.1) is 0 Å². The maximum Gasteiger partial charge on any atom is 0.512 e. The van der Waals surface area contributed by atoms with E-state index >= 15 is 0 Å². The van der Waals surface area contributed by atoms with E-state index in [9.17, 15) is 9.90 Å². The van der Waals surface area contributed by atoms with Crippen molar-refractivity contribution in [1.82, 2.24) is 13.3 Å². The molecular formula is C32H27N3O7S. The van der Waals surface area contributed by atoms with E-state index < -0.39 is 6.16 Å². The summed E-state index contributed by atoms with van der Waals surface area (Å²) in [6.07, 6.45) is -1.45. The zero-order chi connectivity index (χ0) is 29.9. The van der Waals surface area contributed by atoms with E-state index in [0.29, 0.717) is 51.6 Å². The van der Waals surface area contributed by atoms with Gasteiger partial charge >= 0.3 is 6.16 Å². The minimum Gasteiger partial charge on any atom is -0.497 e. The Morgan fingerprint density at radius 2 is 1.60 bits per heavy atom. The Morgan fingerprint density at radius 1 is 0.814 bits per heavy atom. The van der Waals surface area contributed by atoms with E-state index in [1.807, 2.05) is 66.7 Å². The standard InChI is InChI=1S/C32H27N3O7S/c1-38-21-10-11-22(27(14-21)39-2)30-23-15-28(40-3)29(41-18-19-7-5-4-6-8-19)16-26(23)35(31(30)42-32(36)37)17-20-9-12-24-25(13-20)34-43-33-24/h4-16H,17-18H2,1-3H3,(H,36,37). The lowest BCUT2D eigenvalue weighted by Gasteiger charge is -2.13. The molecule has 4 aromatic carbocycles. The molecule has 0 aliphatic heterocycles. The largest absolute Gasteiger partial charge is 0.512 e. The Hall–Kier alpha value is -5.29. The van der Waals surface area contributed by atoms with Gasteiger partial charge in [-0.25, -0.2) is 4.79 Å². The molecule has 43 heavy (non-hydrogen) atoms. The normalized spacial score (nSPS) is 11.0. The van der Waals surface area contributed by atoms with Crippen molar-refractivity contribution in [1.29, 1.82) is 0 Å². The molecule has 0 spiro atoms. The van der Waals surface area contributed by atoms with Crippen LogP contribution in [-0.2, 0) is 13.2 Å². The molecule has 6 aromatic rings. The van der Waals surface area contributed by atoms with Crippen molar-refractivity contribution in [2.75, 3.05) is 21.3 Å². The van der Waals surface area contributed by atoms with E-state index in [4.69, 9.17) is 23.7 Å². The van der Waals surface area contributed by atoms with Crippen LogP contribution < -0.4 is 23.7 Å². The molecule has 1 N–H and O–H groups in total. The van der Waals surface area contributed by atoms with Gasteiger partial charge in [0.05, 0.1) is 50.7 Å². The number of aromatic nitrogens is 3. The summed E-state index contributed by atoms with van der Waals surface area (Å²) in [6.45, 7) is 0.587. The molecule has 6 rings (SSSR count). The highest BCUT2D eigenvalue weighted by Crippen LogP contribution is 2.48. The molecule has 2 aromatic heterocycles. The lowest BCUT2D eigenvalue weighted by molar-refractivity contribution is 0.141. The van der Waals surface area contributed by atoms with E-state index in [-0.39, 0.29) is 12.4 Å². The summed E-state index contributed by atoms with van der Waals surface area (Å²) in [5.74, 6) is 2.15. The quantitative estimate of drug-likeness (QED) is 0.166. The number of hydrogen-bond acceptors (Lipinski definition) is 9. The second-order valence-electron chi connectivity index (χ2n) is 9.58. The molecule has 2 heterocycles. The zero-order valence-corrected chi connectivity index (χ0v) is 24.4. The molecule has 10 nitrogen and oxygen atoms in total. The van der Waals surface area contributed by atoms with Crippen LogP contribution in [0.4, 0.5) is 4.79 Å². The number of benzene rings is 4. The van der Waals surface area contributed by atoms with Gasteiger partial charge in [-0.3, -0.25) is 0 Å². The predicted molar refractivity (Wildman–Crippen MR) is 163 cm³/mol. The molecule has 0 fully saturated rings. The molecule has 0 aliphatic carbocycles. The number of fused-ring (bicyclic) bond motifs is 2. The first-order valence-electron chi connectivity index (χ1n) is 13.2. The summed E-state index contributed by atoms with van der Waals surface area (Å²) >= 11 is 1.14. The van der Waals surface area contributed by atoms with E-state index in [1.165, 1.54) is 0 Å². The van der Waals surface area contributed by atoms with Crippen molar-refractivity contribution >= 4 is 39.8 Å². The van der Waals surface area contributed by atoms with E-state index in [1.54, 1.807) is 38.0 Å². The van der Waals surface area contributed by atoms with Crippen LogP contribution in [0.25, 0.3) is 33.1 Å². The third-order valence-corrected chi connectivity index (χ3v) is 7.62. The van der Waals surface area contributed by atoms with Crippen molar-refractivity contribution in [2.45, 2.75) is 13.2 Å². The fourth-order valence-electron chi connectivity index (χ4n) is 5.06. The lowest BCUT2D eigenvalue weighted by Crippen LogP contribution is -2.10. The molecule has 11 heteroatoms. The fourth-order valence-corrected chi connectivity index (χ4v) is 5.58. The van der Waals surface area contributed by atoms with Crippen LogP contribution in [0.2, 0.25) is 0 Å². The van der Waals surface area contributed by atoms with Gasteiger partial charge in [0.1, 0.15) is 29.1 Å². The minimum atomic E-state index is -1.45. The highest BCUT2D eigenvalue weighted by Gasteiger charge is 2.27. The number of hydrogen-bond donors (Lipinski definition) is 1. The average Bonchev–Trinajstić information content (AvgIpc) is 3.61. The molecule has 0 saturated heterocycles. The van der Waals surface area contributed by atoms with Gasteiger partial charge in [0, 0.05) is 23.1 Å². The van der Waals surface area contributed by atoms with Crippen LogP contribution in [0.15, 0.2) is 78.9 Å². The zero-order valence-electron chi connectivity index (χ0n) is 23.6. The molecule has 218 valence electrons. The second-order valence-corrected chi connectivity index (χ2v) is 10.1. The fraction of sp³-hybridized carbons (Fsp3) is 0.156. The van der Waals surface area contributed by atoms with Crippen molar-refractivity contribution in [2.24, 2.45) is 0 Å². The summed E-state index contributed by atoms with van der Waals surface area (Å²) in [7, 11) is 4.67. The second kappa shape index (κ2) is 11.9. The molecular weight excluding hydrogens is 570 g/mol. The molecule has 0 atom stereocenters. The smallest absolute Gasteiger partial charge is 0.497 e. The third-order valence-electron chi connectivity index (χ3n) is 7.06. The summed E-state index contributed by atoms with van der Waals surface area (Å²) in [5, 5.41) is 10.6. The Kier molecular flexibility index (Phi) is 7.71. The predicted octanol–water partition coefficient (Wildman–Crippen LogP) is 7.02. The van der Waals surface area contributed by atoms with Crippen molar-refractivity contribution in [3.63, 3.8) is 0 Å². The lowest BCUT2D eigenvalue weighted by atomic mass is 10.0. The Bertz CT molecular complexity index is 1930. The van der Waals surface area contributed by atoms with Gasteiger partial charge in [-0.05, 0) is 41.5 Å².